The van der Waals surface area contributed by atoms with E-state index >= 15 is 0 Å². The molecule has 1 aromatic carbocycles. The summed E-state index contributed by atoms with van der Waals surface area (Å²) in [5.74, 6) is 1.56. The van der Waals surface area contributed by atoms with Crippen LogP contribution in [0, 0.1) is 5.92 Å². The lowest BCUT2D eigenvalue weighted by atomic mass is 10.1. The molecule has 1 heterocycles. The monoisotopic (exact) mass is 226 g/mol. The number of fused-ring (bicyclic) bond motifs is 1. The molecule has 0 N–H and O–H groups in total. The van der Waals surface area contributed by atoms with Crippen molar-refractivity contribution in [2.45, 2.75) is 12.3 Å². The van der Waals surface area contributed by atoms with E-state index in [0.29, 0.717) is 0 Å². The molecule has 1 aromatic heterocycles. The van der Waals surface area contributed by atoms with Crippen molar-refractivity contribution in [3.05, 3.63) is 42.1 Å². The molecule has 1 fully saturated rings. The van der Waals surface area contributed by atoms with Crippen molar-refractivity contribution >= 4 is 10.9 Å². The average molecular weight is 226 g/mol. The van der Waals surface area contributed by atoms with Gasteiger partial charge < -0.3 is 4.90 Å². The summed E-state index contributed by atoms with van der Waals surface area (Å²) in [5, 5.41) is 1.26. The molecular formula is C15H18N2. The first-order valence-corrected chi connectivity index (χ1v) is 6.23. The van der Waals surface area contributed by atoms with Gasteiger partial charge in [-0.3, -0.25) is 4.98 Å². The standard InChI is InChI=1S/C15H18N2/c1-17(2)10-13-8-14(13)12-7-11-5-3-4-6-15(11)16-9-12/h3-7,9,13-14H,8,10H2,1-2H3. The van der Waals surface area contributed by atoms with E-state index in [2.05, 4.69) is 54.4 Å². The molecule has 0 saturated heterocycles. The molecule has 0 bridgehead atoms. The number of aromatic nitrogens is 1. The van der Waals surface area contributed by atoms with Crippen LogP contribution in [0.5, 0.6) is 0 Å². The number of pyridine rings is 1. The smallest absolute Gasteiger partial charge is 0.0702 e. The zero-order chi connectivity index (χ0) is 11.8. The van der Waals surface area contributed by atoms with Gasteiger partial charge in [0.1, 0.15) is 0 Å². The number of hydrogen-bond acceptors (Lipinski definition) is 2. The van der Waals surface area contributed by atoms with Crippen molar-refractivity contribution in [1.82, 2.24) is 9.88 Å². The van der Waals surface area contributed by atoms with E-state index < -0.39 is 0 Å². The molecular weight excluding hydrogens is 208 g/mol. The first-order valence-electron chi connectivity index (χ1n) is 6.23. The fourth-order valence-corrected chi connectivity index (χ4v) is 2.62. The predicted octanol–water partition coefficient (Wildman–Crippen LogP) is 2.90. The van der Waals surface area contributed by atoms with Gasteiger partial charge >= 0.3 is 0 Å². The normalized spacial score (nSPS) is 23.2. The topological polar surface area (TPSA) is 16.1 Å². The lowest BCUT2D eigenvalue weighted by Crippen LogP contribution is -2.15. The highest BCUT2D eigenvalue weighted by atomic mass is 15.1. The molecule has 2 unspecified atom stereocenters. The van der Waals surface area contributed by atoms with E-state index in [9.17, 15) is 0 Å². The van der Waals surface area contributed by atoms with Crippen molar-refractivity contribution in [2.24, 2.45) is 5.92 Å². The molecule has 1 saturated carbocycles. The molecule has 2 nitrogen and oxygen atoms in total. The summed E-state index contributed by atoms with van der Waals surface area (Å²) in [7, 11) is 4.29. The molecule has 2 aromatic rings. The Labute approximate surface area is 102 Å². The van der Waals surface area contributed by atoms with E-state index in [0.717, 1.165) is 17.4 Å². The summed E-state index contributed by atoms with van der Waals surface area (Å²) in [4.78, 5) is 6.82. The molecule has 0 amide bonds. The maximum absolute atomic E-state index is 4.54. The van der Waals surface area contributed by atoms with Crippen LogP contribution in [0.1, 0.15) is 17.9 Å². The second kappa shape index (κ2) is 4.11. The zero-order valence-electron chi connectivity index (χ0n) is 10.4. The summed E-state index contributed by atoms with van der Waals surface area (Å²) in [5.41, 5.74) is 2.51. The molecule has 0 spiro atoms. The summed E-state index contributed by atoms with van der Waals surface area (Å²) in [6, 6.07) is 10.7. The van der Waals surface area contributed by atoms with Gasteiger partial charge in [0.05, 0.1) is 5.52 Å². The maximum Gasteiger partial charge on any atom is 0.0702 e. The van der Waals surface area contributed by atoms with E-state index in [-0.39, 0.29) is 0 Å². The Kier molecular flexibility index (Phi) is 2.60. The van der Waals surface area contributed by atoms with Crippen molar-refractivity contribution in [3.8, 4) is 0 Å². The third-order valence-electron chi connectivity index (χ3n) is 3.56. The van der Waals surface area contributed by atoms with E-state index in [1.165, 1.54) is 23.9 Å². The third kappa shape index (κ3) is 2.18. The van der Waals surface area contributed by atoms with Gasteiger partial charge in [0.2, 0.25) is 0 Å². The van der Waals surface area contributed by atoms with Crippen LogP contribution in [-0.2, 0) is 0 Å². The van der Waals surface area contributed by atoms with Crippen LogP contribution in [0.25, 0.3) is 10.9 Å². The third-order valence-corrected chi connectivity index (χ3v) is 3.56. The highest BCUT2D eigenvalue weighted by molar-refractivity contribution is 5.78. The van der Waals surface area contributed by atoms with Crippen molar-refractivity contribution < 1.29 is 0 Å². The molecule has 2 atom stereocenters. The minimum Gasteiger partial charge on any atom is -0.309 e. The predicted molar refractivity (Wildman–Crippen MR) is 71.1 cm³/mol. The second-order valence-electron chi connectivity index (χ2n) is 5.33. The Hall–Kier alpha value is -1.41. The average Bonchev–Trinajstić information content (AvgIpc) is 3.07. The van der Waals surface area contributed by atoms with Gasteiger partial charge in [-0.2, -0.15) is 0 Å². The fraction of sp³-hybridized carbons (Fsp3) is 0.400. The van der Waals surface area contributed by atoms with Gasteiger partial charge in [-0.15, -0.1) is 0 Å². The van der Waals surface area contributed by atoms with Crippen LogP contribution in [0.4, 0.5) is 0 Å². The Morgan fingerprint density at radius 1 is 1.29 bits per heavy atom. The minimum atomic E-state index is 0.731. The Bertz CT molecular complexity index is 533. The molecule has 17 heavy (non-hydrogen) atoms. The van der Waals surface area contributed by atoms with Crippen LogP contribution in [0.3, 0.4) is 0 Å². The molecule has 1 aliphatic carbocycles. The molecule has 0 radical (unpaired) electrons. The summed E-state index contributed by atoms with van der Waals surface area (Å²) >= 11 is 0. The first-order chi connectivity index (χ1) is 8.24. The fourth-order valence-electron chi connectivity index (χ4n) is 2.62. The van der Waals surface area contributed by atoms with Crippen LogP contribution in [0.15, 0.2) is 36.5 Å². The molecule has 88 valence electrons. The number of nitrogens with zero attached hydrogens (tertiary/aromatic N) is 2. The van der Waals surface area contributed by atoms with Crippen LogP contribution in [0.2, 0.25) is 0 Å². The lowest BCUT2D eigenvalue weighted by Gasteiger charge is -2.08. The van der Waals surface area contributed by atoms with Gasteiger partial charge in [0, 0.05) is 18.1 Å². The summed E-state index contributed by atoms with van der Waals surface area (Å²) in [6.45, 7) is 1.19. The Morgan fingerprint density at radius 3 is 2.94 bits per heavy atom. The van der Waals surface area contributed by atoms with Gasteiger partial charge in [0.15, 0.2) is 0 Å². The molecule has 2 heteroatoms. The summed E-state index contributed by atoms with van der Waals surface area (Å²) in [6.07, 6.45) is 3.38. The lowest BCUT2D eigenvalue weighted by molar-refractivity contribution is 0.385. The molecule has 1 aliphatic rings. The van der Waals surface area contributed by atoms with Gasteiger partial charge in [0.25, 0.3) is 0 Å². The highest BCUT2D eigenvalue weighted by Crippen LogP contribution is 2.47. The van der Waals surface area contributed by atoms with Gasteiger partial charge in [-0.25, -0.2) is 0 Å². The largest absolute Gasteiger partial charge is 0.309 e. The quantitative estimate of drug-likeness (QED) is 0.800. The van der Waals surface area contributed by atoms with Crippen LogP contribution in [-0.4, -0.2) is 30.5 Å². The van der Waals surface area contributed by atoms with Crippen molar-refractivity contribution in [3.63, 3.8) is 0 Å². The number of hydrogen-bond donors (Lipinski definition) is 0. The van der Waals surface area contributed by atoms with Crippen molar-refractivity contribution in [1.29, 1.82) is 0 Å². The molecule has 0 aliphatic heterocycles. The highest BCUT2D eigenvalue weighted by Gasteiger charge is 2.38. The maximum atomic E-state index is 4.54. The minimum absolute atomic E-state index is 0.731. The second-order valence-corrected chi connectivity index (χ2v) is 5.33. The Morgan fingerprint density at radius 2 is 2.12 bits per heavy atom. The number of benzene rings is 1. The van der Waals surface area contributed by atoms with E-state index in [1.54, 1.807) is 0 Å². The van der Waals surface area contributed by atoms with Gasteiger partial charge in [-0.05, 0) is 50.0 Å². The Balaban J connectivity index is 1.83. The number of rotatable bonds is 3. The zero-order valence-corrected chi connectivity index (χ0v) is 10.4. The molecule has 3 rings (SSSR count). The van der Waals surface area contributed by atoms with E-state index in [1.807, 2.05) is 6.07 Å². The first kappa shape index (κ1) is 10.7. The number of para-hydroxylation sites is 1. The summed E-state index contributed by atoms with van der Waals surface area (Å²) < 4.78 is 0. The van der Waals surface area contributed by atoms with E-state index in [4.69, 9.17) is 0 Å². The van der Waals surface area contributed by atoms with Crippen LogP contribution >= 0.6 is 0 Å². The SMILES string of the molecule is CN(C)CC1CC1c1cnc2ccccc2c1. The van der Waals surface area contributed by atoms with Gasteiger partial charge in [-0.1, -0.05) is 18.2 Å². The van der Waals surface area contributed by atoms with Crippen molar-refractivity contribution in [2.75, 3.05) is 20.6 Å². The van der Waals surface area contributed by atoms with Crippen LogP contribution < -0.4 is 0 Å².